The molecular formula is C14H9Br2N3O. The lowest BCUT2D eigenvalue weighted by molar-refractivity contribution is 0.463. The van der Waals surface area contributed by atoms with E-state index in [0.29, 0.717) is 22.8 Å². The molecule has 0 radical (unpaired) electrons. The highest BCUT2D eigenvalue weighted by atomic mass is 79.9. The summed E-state index contributed by atoms with van der Waals surface area (Å²) < 4.78 is 7.46. The lowest BCUT2D eigenvalue weighted by Gasteiger charge is -2.10. The molecule has 0 aliphatic carbocycles. The zero-order valence-electron chi connectivity index (χ0n) is 10.2. The van der Waals surface area contributed by atoms with Crippen LogP contribution in [0.1, 0.15) is 0 Å². The molecule has 6 heteroatoms. The van der Waals surface area contributed by atoms with Gasteiger partial charge in [0.25, 0.3) is 0 Å². The van der Waals surface area contributed by atoms with Crippen molar-refractivity contribution in [3.8, 4) is 11.6 Å². The van der Waals surface area contributed by atoms with Crippen molar-refractivity contribution in [2.24, 2.45) is 0 Å². The number of pyridine rings is 2. The SMILES string of the molecule is Nc1ccc(Oc2ncc(Br)cc2Br)c2ncccc12. The second kappa shape index (κ2) is 5.38. The second-order valence-electron chi connectivity index (χ2n) is 4.10. The minimum absolute atomic E-state index is 0.477. The maximum atomic E-state index is 5.94. The van der Waals surface area contributed by atoms with E-state index in [-0.39, 0.29) is 0 Å². The monoisotopic (exact) mass is 393 g/mol. The van der Waals surface area contributed by atoms with Gasteiger partial charge in [-0.1, -0.05) is 0 Å². The van der Waals surface area contributed by atoms with Gasteiger partial charge in [0.05, 0.1) is 4.47 Å². The fourth-order valence-electron chi connectivity index (χ4n) is 1.83. The highest BCUT2D eigenvalue weighted by Gasteiger charge is 2.10. The zero-order valence-corrected chi connectivity index (χ0v) is 13.3. The van der Waals surface area contributed by atoms with Crippen molar-refractivity contribution in [3.05, 3.63) is 51.7 Å². The first-order valence-electron chi connectivity index (χ1n) is 5.77. The first-order valence-corrected chi connectivity index (χ1v) is 7.36. The third-order valence-electron chi connectivity index (χ3n) is 2.75. The number of fused-ring (bicyclic) bond motifs is 1. The van der Waals surface area contributed by atoms with Gasteiger partial charge in [0.2, 0.25) is 5.88 Å². The number of anilines is 1. The Morgan fingerprint density at radius 1 is 1.10 bits per heavy atom. The van der Waals surface area contributed by atoms with Gasteiger partial charge in [0.1, 0.15) is 5.52 Å². The van der Waals surface area contributed by atoms with Crippen LogP contribution < -0.4 is 10.5 Å². The molecule has 20 heavy (non-hydrogen) atoms. The Bertz CT molecular complexity index is 792. The Morgan fingerprint density at radius 2 is 1.95 bits per heavy atom. The van der Waals surface area contributed by atoms with Gasteiger partial charge in [-0.2, -0.15) is 0 Å². The maximum Gasteiger partial charge on any atom is 0.233 e. The fourth-order valence-corrected chi connectivity index (χ4v) is 2.90. The average molecular weight is 395 g/mol. The van der Waals surface area contributed by atoms with Crippen molar-refractivity contribution in [1.29, 1.82) is 0 Å². The van der Waals surface area contributed by atoms with Crippen LogP contribution in [-0.2, 0) is 0 Å². The number of aromatic nitrogens is 2. The summed E-state index contributed by atoms with van der Waals surface area (Å²) in [6, 6.07) is 9.22. The quantitative estimate of drug-likeness (QED) is 0.648. The van der Waals surface area contributed by atoms with Crippen LogP contribution >= 0.6 is 31.9 Å². The van der Waals surface area contributed by atoms with Crippen LogP contribution in [0.2, 0.25) is 0 Å². The first-order chi connectivity index (χ1) is 9.65. The standard InChI is InChI=1S/C14H9Br2N3O/c15-8-6-10(16)14(19-7-8)20-12-4-3-11(17)9-2-1-5-18-13(9)12/h1-7H,17H2. The summed E-state index contributed by atoms with van der Waals surface area (Å²) in [6.07, 6.45) is 3.38. The zero-order chi connectivity index (χ0) is 14.1. The fraction of sp³-hybridized carbons (Fsp3) is 0. The summed E-state index contributed by atoms with van der Waals surface area (Å²) >= 11 is 6.77. The highest BCUT2D eigenvalue weighted by Crippen LogP contribution is 2.34. The lowest BCUT2D eigenvalue weighted by Crippen LogP contribution is -1.94. The molecular weight excluding hydrogens is 386 g/mol. The second-order valence-corrected chi connectivity index (χ2v) is 5.87. The van der Waals surface area contributed by atoms with Gasteiger partial charge in [0, 0.05) is 27.9 Å². The van der Waals surface area contributed by atoms with Crippen LogP contribution in [0.5, 0.6) is 11.6 Å². The molecule has 2 aromatic heterocycles. The van der Waals surface area contributed by atoms with Gasteiger partial charge in [-0.25, -0.2) is 4.98 Å². The minimum Gasteiger partial charge on any atom is -0.436 e. The Balaban J connectivity index is 2.09. The third kappa shape index (κ3) is 2.48. The molecule has 0 unspecified atom stereocenters. The van der Waals surface area contributed by atoms with E-state index in [0.717, 1.165) is 14.3 Å². The highest BCUT2D eigenvalue weighted by molar-refractivity contribution is 9.11. The van der Waals surface area contributed by atoms with E-state index in [1.807, 2.05) is 18.2 Å². The molecule has 0 fully saturated rings. The van der Waals surface area contributed by atoms with Gasteiger partial charge < -0.3 is 10.5 Å². The topological polar surface area (TPSA) is 61.0 Å². The molecule has 0 aliphatic rings. The number of nitrogen functional groups attached to an aromatic ring is 1. The molecule has 0 spiro atoms. The van der Waals surface area contributed by atoms with Gasteiger partial charge >= 0.3 is 0 Å². The van der Waals surface area contributed by atoms with E-state index in [2.05, 4.69) is 41.8 Å². The Hall–Kier alpha value is -1.66. The largest absolute Gasteiger partial charge is 0.436 e. The number of hydrogen-bond acceptors (Lipinski definition) is 4. The molecule has 100 valence electrons. The average Bonchev–Trinajstić information content (AvgIpc) is 2.45. The molecule has 0 bridgehead atoms. The molecule has 3 aromatic rings. The molecule has 0 saturated heterocycles. The molecule has 0 saturated carbocycles. The van der Waals surface area contributed by atoms with E-state index in [1.54, 1.807) is 24.5 Å². The number of nitrogens with two attached hydrogens (primary N) is 1. The maximum absolute atomic E-state index is 5.94. The van der Waals surface area contributed by atoms with Gasteiger partial charge in [-0.3, -0.25) is 4.98 Å². The number of nitrogens with zero attached hydrogens (tertiary/aromatic N) is 2. The summed E-state index contributed by atoms with van der Waals surface area (Å²) in [5.41, 5.74) is 7.32. The number of benzene rings is 1. The van der Waals surface area contributed by atoms with Crippen molar-refractivity contribution in [3.63, 3.8) is 0 Å². The summed E-state index contributed by atoms with van der Waals surface area (Å²) in [5.74, 6) is 1.09. The van der Waals surface area contributed by atoms with Gasteiger partial charge in [0.15, 0.2) is 5.75 Å². The third-order valence-corrected chi connectivity index (χ3v) is 3.75. The molecule has 2 N–H and O–H groups in total. The Labute approximate surface area is 132 Å². The molecule has 3 rings (SSSR count). The smallest absolute Gasteiger partial charge is 0.233 e. The van der Waals surface area contributed by atoms with Gasteiger partial charge in [-0.05, 0) is 62.2 Å². The molecule has 2 heterocycles. The van der Waals surface area contributed by atoms with Crippen LogP contribution in [0.25, 0.3) is 10.9 Å². The number of halogens is 2. The Morgan fingerprint density at radius 3 is 2.75 bits per heavy atom. The normalized spacial score (nSPS) is 10.7. The number of ether oxygens (including phenoxy) is 1. The summed E-state index contributed by atoms with van der Waals surface area (Å²) in [6.45, 7) is 0. The van der Waals surface area contributed by atoms with Crippen LogP contribution in [0.4, 0.5) is 5.69 Å². The van der Waals surface area contributed by atoms with E-state index in [4.69, 9.17) is 10.5 Å². The van der Waals surface area contributed by atoms with Crippen molar-refractivity contribution in [1.82, 2.24) is 9.97 Å². The van der Waals surface area contributed by atoms with Crippen molar-refractivity contribution in [2.45, 2.75) is 0 Å². The molecule has 1 aromatic carbocycles. The lowest BCUT2D eigenvalue weighted by atomic mass is 10.2. The van der Waals surface area contributed by atoms with E-state index < -0.39 is 0 Å². The summed E-state index contributed by atoms with van der Waals surface area (Å²) in [4.78, 5) is 8.56. The number of hydrogen-bond donors (Lipinski definition) is 1. The van der Waals surface area contributed by atoms with E-state index >= 15 is 0 Å². The van der Waals surface area contributed by atoms with Crippen molar-refractivity contribution in [2.75, 3.05) is 5.73 Å². The Kier molecular flexibility index (Phi) is 3.58. The van der Waals surface area contributed by atoms with Crippen LogP contribution in [0, 0.1) is 0 Å². The van der Waals surface area contributed by atoms with Gasteiger partial charge in [-0.15, -0.1) is 0 Å². The van der Waals surface area contributed by atoms with E-state index in [1.165, 1.54) is 0 Å². The molecule has 0 atom stereocenters. The predicted octanol–water partition coefficient (Wildman–Crippen LogP) is 4.53. The number of rotatable bonds is 2. The minimum atomic E-state index is 0.477. The predicted molar refractivity (Wildman–Crippen MR) is 85.9 cm³/mol. The summed E-state index contributed by atoms with van der Waals surface area (Å²) in [5, 5.41) is 0.859. The van der Waals surface area contributed by atoms with Crippen molar-refractivity contribution < 1.29 is 4.74 Å². The summed E-state index contributed by atoms with van der Waals surface area (Å²) in [7, 11) is 0. The molecule has 4 nitrogen and oxygen atoms in total. The molecule has 0 aliphatic heterocycles. The van der Waals surface area contributed by atoms with Crippen molar-refractivity contribution >= 4 is 48.5 Å². The van der Waals surface area contributed by atoms with E-state index in [9.17, 15) is 0 Å². The molecule has 0 amide bonds. The first kappa shape index (κ1) is 13.3. The van der Waals surface area contributed by atoms with Crippen LogP contribution in [0.15, 0.2) is 51.7 Å². The van der Waals surface area contributed by atoms with Crippen LogP contribution in [0.3, 0.4) is 0 Å². The van der Waals surface area contributed by atoms with Crippen LogP contribution in [-0.4, -0.2) is 9.97 Å².